The summed E-state index contributed by atoms with van der Waals surface area (Å²) in [6.45, 7) is 0.585. The molecule has 0 spiro atoms. The first-order valence-corrected chi connectivity index (χ1v) is 6.66. The van der Waals surface area contributed by atoms with Gasteiger partial charge in [0.05, 0.1) is 6.10 Å². The molecule has 0 aliphatic carbocycles. The lowest BCUT2D eigenvalue weighted by atomic mass is 10.0. The first-order valence-electron chi connectivity index (χ1n) is 6.66. The lowest BCUT2D eigenvalue weighted by molar-refractivity contribution is -0.150. The van der Waals surface area contributed by atoms with E-state index in [9.17, 15) is 19.5 Å². The van der Waals surface area contributed by atoms with Gasteiger partial charge >= 0.3 is 17.9 Å². The summed E-state index contributed by atoms with van der Waals surface area (Å²) in [6, 6.07) is -1.94. The second-order valence-electron chi connectivity index (χ2n) is 4.97. The van der Waals surface area contributed by atoms with Gasteiger partial charge in [-0.15, -0.1) is 0 Å². The molecule has 0 amide bonds. The van der Waals surface area contributed by atoms with E-state index in [0.29, 0.717) is 13.0 Å². The van der Waals surface area contributed by atoms with Crippen LogP contribution in [0, 0.1) is 0 Å². The first-order chi connectivity index (χ1) is 9.82. The Kier molecular flexibility index (Phi) is 6.53. The molecule has 5 N–H and O–H groups in total. The van der Waals surface area contributed by atoms with Gasteiger partial charge < -0.3 is 25.7 Å². The van der Waals surface area contributed by atoms with Crippen molar-refractivity contribution in [3.63, 3.8) is 0 Å². The van der Waals surface area contributed by atoms with Crippen molar-refractivity contribution in [3.8, 4) is 0 Å². The smallest absolute Gasteiger partial charge is 0.323 e. The van der Waals surface area contributed by atoms with Crippen molar-refractivity contribution in [1.82, 2.24) is 10.2 Å². The van der Waals surface area contributed by atoms with Crippen LogP contribution in [0.15, 0.2) is 0 Å². The van der Waals surface area contributed by atoms with Crippen LogP contribution in [0.1, 0.15) is 19.3 Å². The van der Waals surface area contributed by atoms with E-state index in [1.165, 1.54) is 4.90 Å². The molecule has 0 radical (unpaired) electrons. The third kappa shape index (κ3) is 5.29. The van der Waals surface area contributed by atoms with E-state index in [4.69, 9.17) is 15.3 Å². The minimum absolute atomic E-state index is 0.0557. The molecule has 0 aromatic carbocycles. The Morgan fingerprint density at radius 2 is 1.90 bits per heavy atom. The zero-order valence-electron chi connectivity index (χ0n) is 11.4. The number of rotatable bonds is 10. The maximum Gasteiger partial charge on any atom is 0.323 e. The lowest BCUT2D eigenvalue weighted by Crippen LogP contribution is -2.58. The van der Waals surface area contributed by atoms with Crippen LogP contribution in [0.4, 0.5) is 0 Å². The van der Waals surface area contributed by atoms with Crippen molar-refractivity contribution >= 4 is 17.9 Å². The number of carboxylic acid groups (broad SMARTS) is 3. The van der Waals surface area contributed by atoms with Crippen molar-refractivity contribution in [3.05, 3.63) is 0 Å². The number of aliphatic hydroxyl groups excluding tert-OH is 1. The van der Waals surface area contributed by atoms with E-state index < -0.39 is 36.1 Å². The van der Waals surface area contributed by atoms with Gasteiger partial charge in [0, 0.05) is 19.5 Å². The standard InChI is InChI=1S/C12H20N2O7/c15-8(6-14-5-3-7(14)11(18)19)10(12(20)21)13-4-1-2-9(16)17/h7-8,10,13,15H,1-6H2,(H,16,17)(H,18,19)(H,20,21)/t7-,8+,10-/m0/s1. The molecule has 1 rings (SSSR count). The van der Waals surface area contributed by atoms with E-state index in [1.807, 2.05) is 0 Å². The summed E-state index contributed by atoms with van der Waals surface area (Å²) in [5.74, 6) is -3.23. The summed E-state index contributed by atoms with van der Waals surface area (Å²) in [6.07, 6.45) is -0.642. The highest BCUT2D eigenvalue weighted by Gasteiger charge is 2.37. The van der Waals surface area contributed by atoms with Crippen molar-refractivity contribution in [1.29, 1.82) is 0 Å². The predicted molar refractivity (Wildman–Crippen MR) is 69.9 cm³/mol. The number of β-amino-alcohol motifs (C(OH)–C–C–N with tert-alkyl or cyclic N) is 1. The molecule has 1 aliphatic heterocycles. The molecule has 0 bridgehead atoms. The number of hydrogen-bond donors (Lipinski definition) is 5. The number of likely N-dealkylation sites (tertiary alicyclic amines) is 1. The van der Waals surface area contributed by atoms with Gasteiger partial charge in [0.1, 0.15) is 12.1 Å². The third-order valence-electron chi connectivity index (χ3n) is 3.42. The van der Waals surface area contributed by atoms with Crippen molar-refractivity contribution in [2.75, 3.05) is 19.6 Å². The average molecular weight is 304 g/mol. The number of hydrogen-bond acceptors (Lipinski definition) is 6. The van der Waals surface area contributed by atoms with Crippen LogP contribution in [0.3, 0.4) is 0 Å². The highest BCUT2D eigenvalue weighted by molar-refractivity contribution is 5.75. The topological polar surface area (TPSA) is 147 Å². The van der Waals surface area contributed by atoms with Gasteiger partial charge in [0.25, 0.3) is 0 Å². The molecular weight excluding hydrogens is 284 g/mol. The fourth-order valence-electron chi connectivity index (χ4n) is 2.17. The molecule has 0 unspecified atom stereocenters. The minimum Gasteiger partial charge on any atom is -0.481 e. The summed E-state index contributed by atoms with van der Waals surface area (Å²) in [5, 5.41) is 38.9. The summed E-state index contributed by atoms with van der Waals surface area (Å²) in [4.78, 5) is 33.8. The van der Waals surface area contributed by atoms with E-state index >= 15 is 0 Å². The Labute approximate surface area is 121 Å². The average Bonchev–Trinajstić information content (AvgIpc) is 2.32. The molecule has 1 heterocycles. The fourth-order valence-corrected chi connectivity index (χ4v) is 2.17. The lowest BCUT2D eigenvalue weighted by Gasteiger charge is -2.39. The van der Waals surface area contributed by atoms with Gasteiger partial charge in [0.2, 0.25) is 0 Å². The van der Waals surface area contributed by atoms with Gasteiger partial charge in [-0.1, -0.05) is 0 Å². The van der Waals surface area contributed by atoms with Gasteiger partial charge in [-0.25, -0.2) is 0 Å². The van der Waals surface area contributed by atoms with Gasteiger partial charge in [-0.2, -0.15) is 0 Å². The van der Waals surface area contributed by atoms with Crippen LogP contribution < -0.4 is 5.32 Å². The van der Waals surface area contributed by atoms with Crippen LogP contribution >= 0.6 is 0 Å². The SMILES string of the molecule is O=C(O)CCCN[C@H](C(=O)O)[C@H](O)CN1CC[C@H]1C(=O)O. The molecule has 1 aliphatic rings. The van der Waals surface area contributed by atoms with Gasteiger partial charge in [0.15, 0.2) is 0 Å². The second kappa shape index (κ2) is 7.91. The molecule has 1 fully saturated rings. The van der Waals surface area contributed by atoms with Crippen LogP contribution in [0.2, 0.25) is 0 Å². The Morgan fingerprint density at radius 1 is 1.24 bits per heavy atom. The molecular formula is C12H20N2O7. The Bertz CT molecular complexity index is 401. The second-order valence-corrected chi connectivity index (χ2v) is 4.97. The monoisotopic (exact) mass is 304 g/mol. The third-order valence-corrected chi connectivity index (χ3v) is 3.42. The maximum atomic E-state index is 11.1. The number of nitrogens with one attached hydrogen (secondary N) is 1. The van der Waals surface area contributed by atoms with Crippen LogP contribution in [-0.2, 0) is 14.4 Å². The number of aliphatic carboxylic acids is 3. The summed E-state index contributed by atoms with van der Waals surface area (Å²) in [7, 11) is 0. The van der Waals surface area contributed by atoms with E-state index in [-0.39, 0.29) is 25.9 Å². The maximum absolute atomic E-state index is 11.1. The molecule has 21 heavy (non-hydrogen) atoms. The molecule has 9 nitrogen and oxygen atoms in total. The summed E-state index contributed by atoms with van der Waals surface area (Å²) >= 11 is 0. The van der Waals surface area contributed by atoms with Crippen LogP contribution in [-0.4, -0.2) is 81.1 Å². The predicted octanol–water partition coefficient (Wildman–Crippen LogP) is -1.59. The molecule has 0 saturated carbocycles. The van der Waals surface area contributed by atoms with Gasteiger partial charge in [-0.3, -0.25) is 19.3 Å². The fraction of sp³-hybridized carbons (Fsp3) is 0.750. The minimum atomic E-state index is -1.27. The number of carboxylic acids is 3. The van der Waals surface area contributed by atoms with Crippen molar-refractivity contribution in [2.24, 2.45) is 0 Å². The van der Waals surface area contributed by atoms with Crippen LogP contribution in [0.25, 0.3) is 0 Å². The zero-order chi connectivity index (χ0) is 16.0. The van der Waals surface area contributed by atoms with Crippen LogP contribution in [0.5, 0.6) is 0 Å². The largest absolute Gasteiger partial charge is 0.481 e. The van der Waals surface area contributed by atoms with E-state index in [2.05, 4.69) is 5.32 Å². The molecule has 9 heteroatoms. The number of aliphatic hydroxyl groups is 1. The first kappa shape index (κ1) is 17.3. The summed E-state index contributed by atoms with van der Waals surface area (Å²) < 4.78 is 0. The summed E-state index contributed by atoms with van der Waals surface area (Å²) in [5.41, 5.74) is 0. The Morgan fingerprint density at radius 3 is 2.33 bits per heavy atom. The van der Waals surface area contributed by atoms with Gasteiger partial charge in [-0.05, 0) is 19.4 Å². The number of carbonyl (C=O) groups is 3. The quantitative estimate of drug-likeness (QED) is 0.301. The molecule has 120 valence electrons. The highest BCUT2D eigenvalue weighted by Crippen LogP contribution is 2.18. The number of nitrogens with zero attached hydrogens (tertiary/aromatic N) is 1. The molecule has 1 saturated heterocycles. The Hall–Kier alpha value is -1.71. The van der Waals surface area contributed by atoms with E-state index in [1.54, 1.807) is 0 Å². The zero-order valence-corrected chi connectivity index (χ0v) is 11.4. The highest BCUT2D eigenvalue weighted by atomic mass is 16.4. The van der Waals surface area contributed by atoms with Crippen molar-refractivity contribution in [2.45, 2.75) is 37.5 Å². The van der Waals surface area contributed by atoms with E-state index in [0.717, 1.165) is 0 Å². The normalized spacial score (nSPS) is 21.3. The Balaban J connectivity index is 2.42. The molecule has 0 aromatic heterocycles. The van der Waals surface area contributed by atoms with Crippen molar-refractivity contribution < 1.29 is 34.8 Å². The molecule has 0 aromatic rings. The molecule has 3 atom stereocenters.